The van der Waals surface area contributed by atoms with E-state index in [2.05, 4.69) is 10.2 Å². The van der Waals surface area contributed by atoms with Crippen molar-refractivity contribution in [1.82, 2.24) is 0 Å². The van der Waals surface area contributed by atoms with Gasteiger partial charge < -0.3 is 5.11 Å². The number of azo groups is 1. The first kappa shape index (κ1) is 14.2. The zero-order valence-corrected chi connectivity index (χ0v) is 11.2. The van der Waals surface area contributed by atoms with E-state index in [0.717, 1.165) is 0 Å². The summed E-state index contributed by atoms with van der Waals surface area (Å²) in [7, 11) is -1.19. The third-order valence-electron chi connectivity index (χ3n) is 2.11. The number of allylic oxidation sites excluding steroid dienone is 2. The molecule has 0 spiro atoms. The molecule has 0 aliphatic carbocycles. The lowest BCUT2D eigenvalue weighted by molar-refractivity contribution is -0.113. The molecule has 0 heterocycles. The molecule has 0 radical (unpaired) electrons. The average Bonchev–Trinajstić information content (AvgIpc) is 2.28. The Bertz CT molecular complexity index is 546. The number of ketones is 1. The van der Waals surface area contributed by atoms with Gasteiger partial charge in [-0.05, 0) is 19.1 Å². The quantitative estimate of drug-likeness (QED) is 0.517. The third kappa shape index (κ3) is 3.59. The molecule has 0 fully saturated rings. The smallest absolute Gasteiger partial charge is 0.183 e. The maximum atomic E-state index is 11.5. The molecule has 0 saturated heterocycles. The standard InChI is InChI=1S/C12H14N2O3S/c1-8(15)12(9(2)16)14-13-10-6-4-5-7-11(10)18(3)17/h4-7,15H,1-3H3/b12-8+,14-13?. The van der Waals surface area contributed by atoms with Gasteiger partial charge in [0.05, 0.1) is 15.7 Å². The number of benzene rings is 1. The second-order valence-electron chi connectivity index (χ2n) is 3.61. The summed E-state index contributed by atoms with van der Waals surface area (Å²) in [6, 6.07) is 6.79. The van der Waals surface area contributed by atoms with Crippen LogP contribution in [-0.4, -0.2) is 21.4 Å². The number of rotatable bonds is 4. The highest BCUT2D eigenvalue weighted by Crippen LogP contribution is 2.23. The van der Waals surface area contributed by atoms with E-state index in [9.17, 15) is 14.1 Å². The van der Waals surface area contributed by atoms with E-state index >= 15 is 0 Å². The normalized spacial score (nSPS) is 14.4. The molecule has 0 saturated carbocycles. The summed E-state index contributed by atoms with van der Waals surface area (Å²) >= 11 is 0. The maximum absolute atomic E-state index is 11.5. The molecule has 0 aliphatic rings. The van der Waals surface area contributed by atoms with Crippen molar-refractivity contribution in [3.05, 3.63) is 35.7 Å². The number of carbonyl (C=O) groups is 1. The Kier molecular flexibility index (Phi) is 4.91. The van der Waals surface area contributed by atoms with Crippen LogP contribution >= 0.6 is 0 Å². The number of aliphatic hydroxyl groups excluding tert-OH is 1. The van der Waals surface area contributed by atoms with Gasteiger partial charge in [-0.2, -0.15) is 0 Å². The Balaban J connectivity index is 3.16. The molecule has 0 amide bonds. The molecule has 0 aromatic heterocycles. The van der Waals surface area contributed by atoms with Crippen molar-refractivity contribution < 1.29 is 14.1 Å². The predicted octanol–water partition coefficient (Wildman–Crippen LogP) is 2.89. The molecule has 1 aromatic carbocycles. The zero-order chi connectivity index (χ0) is 13.7. The van der Waals surface area contributed by atoms with Crippen molar-refractivity contribution in [2.45, 2.75) is 18.7 Å². The molecular formula is C12H14N2O3S. The van der Waals surface area contributed by atoms with Gasteiger partial charge in [-0.1, -0.05) is 12.1 Å². The van der Waals surface area contributed by atoms with Crippen LogP contribution in [0.1, 0.15) is 13.8 Å². The SMILES string of the molecule is CC(=O)/C(N=Nc1ccccc1S(C)=O)=C(/C)O. The maximum Gasteiger partial charge on any atom is 0.183 e. The fourth-order valence-corrected chi connectivity index (χ4v) is 1.96. The van der Waals surface area contributed by atoms with E-state index in [4.69, 9.17) is 0 Å². The molecule has 1 aromatic rings. The molecule has 1 rings (SSSR count). The molecule has 1 atom stereocenters. The molecule has 18 heavy (non-hydrogen) atoms. The Labute approximate surface area is 108 Å². The lowest BCUT2D eigenvalue weighted by atomic mass is 10.3. The molecule has 1 unspecified atom stereocenters. The Hall–Kier alpha value is -1.82. The van der Waals surface area contributed by atoms with Crippen LogP contribution in [0.25, 0.3) is 0 Å². The van der Waals surface area contributed by atoms with Crippen molar-refractivity contribution in [2.75, 3.05) is 6.26 Å². The van der Waals surface area contributed by atoms with E-state index in [1.807, 2.05) is 0 Å². The van der Waals surface area contributed by atoms with Gasteiger partial charge in [-0.15, -0.1) is 10.2 Å². The molecule has 5 nitrogen and oxygen atoms in total. The summed E-state index contributed by atoms with van der Waals surface area (Å²) in [5.41, 5.74) is 0.310. The van der Waals surface area contributed by atoms with Gasteiger partial charge in [-0.3, -0.25) is 9.00 Å². The van der Waals surface area contributed by atoms with Gasteiger partial charge in [0, 0.05) is 13.2 Å². The van der Waals surface area contributed by atoms with E-state index in [1.54, 1.807) is 24.3 Å². The molecule has 96 valence electrons. The van der Waals surface area contributed by atoms with Crippen molar-refractivity contribution in [1.29, 1.82) is 0 Å². The summed E-state index contributed by atoms with van der Waals surface area (Å²) in [6.45, 7) is 2.65. The largest absolute Gasteiger partial charge is 0.510 e. The van der Waals surface area contributed by atoms with E-state index < -0.39 is 10.8 Å². The fourth-order valence-electron chi connectivity index (χ4n) is 1.28. The summed E-state index contributed by atoms with van der Waals surface area (Å²) in [5, 5.41) is 16.9. The van der Waals surface area contributed by atoms with Gasteiger partial charge in [0.25, 0.3) is 0 Å². The highest BCUT2D eigenvalue weighted by molar-refractivity contribution is 7.84. The van der Waals surface area contributed by atoms with Gasteiger partial charge in [0.1, 0.15) is 11.4 Å². The highest BCUT2D eigenvalue weighted by Gasteiger charge is 2.08. The van der Waals surface area contributed by atoms with Crippen molar-refractivity contribution >= 4 is 22.3 Å². The minimum Gasteiger partial charge on any atom is -0.510 e. The average molecular weight is 266 g/mol. The van der Waals surface area contributed by atoms with Crippen LogP contribution in [0, 0.1) is 0 Å². The van der Waals surface area contributed by atoms with Crippen LogP contribution in [0.5, 0.6) is 0 Å². The second kappa shape index (κ2) is 6.20. The summed E-state index contributed by atoms with van der Waals surface area (Å²) in [5.74, 6) is -0.574. The molecule has 6 heteroatoms. The van der Waals surface area contributed by atoms with Crippen molar-refractivity contribution in [3.63, 3.8) is 0 Å². The van der Waals surface area contributed by atoms with Crippen LogP contribution in [0.3, 0.4) is 0 Å². The molecule has 0 bridgehead atoms. The van der Waals surface area contributed by atoms with Gasteiger partial charge in [0.15, 0.2) is 11.5 Å². The number of nitrogens with zero attached hydrogens (tertiary/aromatic N) is 2. The molecule has 0 aliphatic heterocycles. The second-order valence-corrected chi connectivity index (χ2v) is 4.96. The zero-order valence-electron chi connectivity index (χ0n) is 10.4. The van der Waals surface area contributed by atoms with Crippen molar-refractivity contribution in [2.24, 2.45) is 10.2 Å². The Morgan fingerprint density at radius 3 is 2.39 bits per heavy atom. The highest BCUT2D eigenvalue weighted by atomic mass is 32.2. The molecule has 1 N–H and O–H groups in total. The minimum atomic E-state index is -1.19. The Morgan fingerprint density at radius 1 is 1.28 bits per heavy atom. The lowest BCUT2D eigenvalue weighted by Crippen LogP contribution is -1.96. The first-order valence-electron chi connectivity index (χ1n) is 5.18. The fraction of sp³-hybridized carbons (Fsp3) is 0.250. The minimum absolute atomic E-state index is 0.105. The van der Waals surface area contributed by atoms with Crippen molar-refractivity contribution in [3.8, 4) is 0 Å². The van der Waals surface area contributed by atoms with E-state index in [0.29, 0.717) is 10.6 Å². The first-order chi connectivity index (χ1) is 8.43. The number of Topliss-reactive ketones (excluding diaryl/α,β-unsaturated/α-hetero) is 1. The number of carbonyl (C=O) groups excluding carboxylic acids is 1. The summed E-state index contributed by atoms with van der Waals surface area (Å²) in [4.78, 5) is 11.7. The van der Waals surface area contributed by atoms with Crippen LogP contribution in [0.2, 0.25) is 0 Å². The monoisotopic (exact) mass is 266 g/mol. The van der Waals surface area contributed by atoms with Gasteiger partial charge in [-0.25, -0.2) is 0 Å². The van der Waals surface area contributed by atoms with Crippen LogP contribution in [0.4, 0.5) is 5.69 Å². The van der Waals surface area contributed by atoms with Crippen LogP contribution in [0.15, 0.2) is 50.8 Å². The summed E-state index contributed by atoms with van der Waals surface area (Å²) < 4.78 is 11.5. The molecular weight excluding hydrogens is 252 g/mol. The first-order valence-corrected chi connectivity index (χ1v) is 6.74. The lowest BCUT2D eigenvalue weighted by Gasteiger charge is -2.01. The Morgan fingerprint density at radius 2 is 1.89 bits per heavy atom. The van der Waals surface area contributed by atoms with Gasteiger partial charge >= 0.3 is 0 Å². The number of aliphatic hydroxyl groups is 1. The van der Waals surface area contributed by atoms with E-state index in [1.165, 1.54) is 20.1 Å². The number of hydrogen-bond acceptors (Lipinski definition) is 5. The predicted molar refractivity (Wildman–Crippen MR) is 69.3 cm³/mol. The topological polar surface area (TPSA) is 79.1 Å². The van der Waals surface area contributed by atoms with Crippen LogP contribution in [-0.2, 0) is 15.6 Å². The van der Waals surface area contributed by atoms with E-state index in [-0.39, 0.29) is 17.2 Å². The summed E-state index contributed by atoms with van der Waals surface area (Å²) in [6.07, 6.45) is 1.54. The number of hydrogen-bond donors (Lipinski definition) is 1. The van der Waals surface area contributed by atoms with Gasteiger partial charge in [0.2, 0.25) is 0 Å². The third-order valence-corrected chi connectivity index (χ3v) is 3.07. The van der Waals surface area contributed by atoms with Crippen LogP contribution < -0.4 is 0 Å².